The Bertz CT molecular complexity index is 663. The minimum atomic E-state index is 0.0376. The van der Waals surface area contributed by atoms with Crippen molar-refractivity contribution >= 4 is 11.3 Å². The van der Waals surface area contributed by atoms with E-state index in [0.717, 1.165) is 31.3 Å². The van der Waals surface area contributed by atoms with Crippen molar-refractivity contribution in [1.29, 1.82) is 0 Å². The van der Waals surface area contributed by atoms with E-state index < -0.39 is 0 Å². The zero-order chi connectivity index (χ0) is 12.3. The van der Waals surface area contributed by atoms with Gasteiger partial charge in [0.2, 0.25) is 0 Å². The number of hydrogen-bond acceptors (Lipinski definition) is 4. The second kappa shape index (κ2) is 3.41. The summed E-state index contributed by atoms with van der Waals surface area (Å²) < 4.78 is 3.61. The van der Waals surface area contributed by atoms with Crippen LogP contribution in [0.5, 0.6) is 0 Å². The standard InChI is InChI=1S/C12H15N5O/c13-7-5-9(6-7)17-11-10(14-3-4-15-11)16(12(17)18)8-1-2-8/h3-4,7-9H,1-2,5-6,13H2. The van der Waals surface area contributed by atoms with Crippen LogP contribution in [0, 0.1) is 0 Å². The summed E-state index contributed by atoms with van der Waals surface area (Å²) in [6, 6.07) is 0.747. The van der Waals surface area contributed by atoms with Gasteiger partial charge in [-0.15, -0.1) is 0 Å². The molecule has 0 aromatic carbocycles. The van der Waals surface area contributed by atoms with Crippen molar-refractivity contribution in [3.8, 4) is 0 Å². The molecule has 0 atom stereocenters. The Kier molecular flexibility index (Phi) is 1.94. The van der Waals surface area contributed by atoms with Crippen LogP contribution < -0.4 is 11.4 Å². The van der Waals surface area contributed by atoms with Gasteiger partial charge in [0.1, 0.15) is 0 Å². The fourth-order valence-corrected chi connectivity index (χ4v) is 2.79. The van der Waals surface area contributed by atoms with Crippen LogP contribution in [0.15, 0.2) is 17.2 Å². The van der Waals surface area contributed by atoms with Crippen LogP contribution in [-0.2, 0) is 0 Å². The molecule has 6 heteroatoms. The molecule has 0 bridgehead atoms. The average Bonchev–Trinajstić information content (AvgIpc) is 3.10. The van der Waals surface area contributed by atoms with E-state index >= 15 is 0 Å². The molecule has 6 nitrogen and oxygen atoms in total. The number of imidazole rings is 1. The molecule has 2 aliphatic rings. The zero-order valence-electron chi connectivity index (χ0n) is 9.99. The molecule has 4 rings (SSSR count). The summed E-state index contributed by atoms with van der Waals surface area (Å²) in [5.74, 6) is 0. The van der Waals surface area contributed by atoms with Gasteiger partial charge in [-0.25, -0.2) is 14.8 Å². The maximum Gasteiger partial charge on any atom is 0.332 e. The van der Waals surface area contributed by atoms with E-state index in [9.17, 15) is 4.79 Å². The Labute approximate surface area is 103 Å². The summed E-state index contributed by atoms with van der Waals surface area (Å²) in [6.45, 7) is 0. The van der Waals surface area contributed by atoms with E-state index in [1.165, 1.54) is 0 Å². The summed E-state index contributed by atoms with van der Waals surface area (Å²) in [5, 5.41) is 0. The normalized spacial score (nSPS) is 27.4. The maximum absolute atomic E-state index is 12.5. The molecular weight excluding hydrogens is 230 g/mol. The summed E-state index contributed by atoms with van der Waals surface area (Å²) in [4.78, 5) is 21.2. The first-order chi connectivity index (χ1) is 8.75. The lowest BCUT2D eigenvalue weighted by molar-refractivity contribution is 0.264. The van der Waals surface area contributed by atoms with E-state index in [1.807, 2.05) is 4.57 Å². The number of fused-ring (bicyclic) bond motifs is 1. The highest BCUT2D eigenvalue weighted by Gasteiger charge is 2.35. The van der Waals surface area contributed by atoms with Crippen molar-refractivity contribution in [3.05, 3.63) is 22.9 Å². The van der Waals surface area contributed by atoms with Crippen molar-refractivity contribution < 1.29 is 0 Å². The molecule has 0 amide bonds. The Hall–Kier alpha value is -1.69. The Balaban J connectivity index is 1.96. The topological polar surface area (TPSA) is 78.7 Å². The first-order valence-corrected chi connectivity index (χ1v) is 6.44. The number of nitrogens with zero attached hydrogens (tertiary/aromatic N) is 4. The van der Waals surface area contributed by atoms with E-state index in [2.05, 4.69) is 9.97 Å². The Morgan fingerprint density at radius 1 is 1.06 bits per heavy atom. The van der Waals surface area contributed by atoms with Crippen LogP contribution in [0.3, 0.4) is 0 Å². The maximum atomic E-state index is 12.5. The van der Waals surface area contributed by atoms with E-state index in [0.29, 0.717) is 11.7 Å². The zero-order valence-corrected chi connectivity index (χ0v) is 9.99. The highest BCUT2D eigenvalue weighted by molar-refractivity contribution is 5.66. The smallest absolute Gasteiger partial charge is 0.328 e. The second-order valence-electron chi connectivity index (χ2n) is 5.34. The van der Waals surface area contributed by atoms with Gasteiger partial charge in [-0.2, -0.15) is 0 Å². The SMILES string of the molecule is NC1CC(n2c(=O)n(C3CC3)c3nccnc32)C1. The van der Waals surface area contributed by atoms with Gasteiger partial charge in [-0.1, -0.05) is 0 Å². The van der Waals surface area contributed by atoms with Gasteiger partial charge in [-0.3, -0.25) is 9.13 Å². The van der Waals surface area contributed by atoms with Crippen molar-refractivity contribution in [2.45, 2.75) is 43.8 Å². The number of aromatic nitrogens is 4. The van der Waals surface area contributed by atoms with Crippen LogP contribution in [0.25, 0.3) is 11.3 Å². The lowest BCUT2D eigenvalue weighted by atomic mass is 9.87. The predicted octanol–water partition coefficient (Wildman–Crippen LogP) is 0.590. The van der Waals surface area contributed by atoms with Crippen molar-refractivity contribution in [3.63, 3.8) is 0 Å². The fraction of sp³-hybridized carbons (Fsp3) is 0.583. The lowest BCUT2D eigenvalue weighted by Gasteiger charge is -2.32. The summed E-state index contributed by atoms with van der Waals surface area (Å²) >= 11 is 0. The Morgan fingerprint density at radius 2 is 1.61 bits per heavy atom. The van der Waals surface area contributed by atoms with Crippen molar-refractivity contribution in [2.75, 3.05) is 0 Å². The molecule has 0 spiro atoms. The van der Waals surface area contributed by atoms with Gasteiger partial charge < -0.3 is 5.73 Å². The van der Waals surface area contributed by atoms with Crippen molar-refractivity contribution in [1.82, 2.24) is 19.1 Å². The fourth-order valence-electron chi connectivity index (χ4n) is 2.79. The molecule has 0 aliphatic heterocycles. The van der Waals surface area contributed by atoms with Gasteiger partial charge in [0.05, 0.1) is 0 Å². The Morgan fingerprint density at radius 3 is 2.11 bits per heavy atom. The molecule has 2 heterocycles. The molecule has 2 aliphatic carbocycles. The molecule has 2 fully saturated rings. The molecule has 2 aromatic rings. The third-order valence-electron chi connectivity index (χ3n) is 3.96. The highest BCUT2D eigenvalue weighted by Crippen LogP contribution is 2.37. The third-order valence-corrected chi connectivity index (χ3v) is 3.96. The third kappa shape index (κ3) is 1.29. The lowest BCUT2D eigenvalue weighted by Crippen LogP contribution is -2.41. The number of rotatable bonds is 2. The minimum absolute atomic E-state index is 0.0376. The number of hydrogen-bond donors (Lipinski definition) is 1. The van der Waals surface area contributed by atoms with E-state index in [4.69, 9.17) is 5.73 Å². The van der Waals surface area contributed by atoms with Crippen LogP contribution >= 0.6 is 0 Å². The van der Waals surface area contributed by atoms with E-state index in [-0.39, 0.29) is 17.8 Å². The molecule has 0 unspecified atom stereocenters. The van der Waals surface area contributed by atoms with Gasteiger partial charge in [0.15, 0.2) is 11.3 Å². The van der Waals surface area contributed by atoms with Gasteiger partial charge in [0, 0.05) is 30.5 Å². The van der Waals surface area contributed by atoms with Crippen LogP contribution in [0.1, 0.15) is 37.8 Å². The van der Waals surface area contributed by atoms with Crippen LogP contribution in [0.2, 0.25) is 0 Å². The van der Waals surface area contributed by atoms with E-state index in [1.54, 1.807) is 17.0 Å². The van der Waals surface area contributed by atoms with Crippen molar-refractivity contribution in [2.24, 2.45) is 5.73 Å². The molecular formula is C12H15N5O. The molecule has 0 saturated heterocycles. The first-order valence-electron chi connectivity index (χ1n) is 6.44. The predicted molar refractivity (Wildman–Crippen MR) is 66.3 cm³/mol. The summed E-state index contributed by atoms with van der Waals surface area (Å²) in [7, 11) is 0. The molecule has 2 N–H and O–H groups in total. The monoisotopic (exact) mass is 245 g/mol. The average molecular weight is 245 g/mol. The van der Waals surface area contributed by atoms with Gasteiger partial charge in [-0.05, 0) is 25.7 Å². The first kappa shape index (κ1) is 10.3. The summed E-state index contributed by atoms with van der Waals surface area (Å²) in [6.07, 6.45) is 7.16. The molecule has 2 saturated carbocycles. The van der Waals surface area contributed by atoms with Crippen LogP contribution in [-0.4, -0.2) is 25.1 Å². The molecule has 2 aromatic heterocycles. The minimum Gasteiger partial charge on any atom is -0.328 e. The quantitative estimate of drug-likeness (QED) is 0.839. The van der Waals surface area contributed by atoms with Gasteiger partial charge >= 0.3 is 5.69 Å². The molecule has 94 valence electrons. The molecule has 0 radical (unpaired) electrons. The largest absolute Gasteiger partial charge is 0.332 e. The molecule has 18 heavy (non-hydrogen) atoms. The van der Waals surface area contributed by atoms with Gasteiger partial charge in [0.25, 0.3) is 0 Å². The van der Waals surface area contributed by atoms with Crippen LogP contribution in [0.4, 0.5) is 0 Å². The highest BCUT2D eigenvalue weighted by atomic mass is 16.2. The summed E-state index contributed by atoms with van der Waals surface area (Å²) in [5.41, 5.74) is 7.30. The second-order valence-corrected chi connectivity index (χ2v) is 5.34. The number of nitrogens with two attached hydrogens (primary N) is 1.